The van der Waals surface area contributed by atoms with Crippen molar-refractivity contribution in [2.75, 3.05) is 0 Å². The summed E-state index contributed by atoms with van der Waals surface area (Å²) in [5, 5.41) is 1.97. The standard InChI is InChI=1S/C9H13NOS/c1-6(2)8(9(10)11)7-4-3-5-12-7/h3-6,8H,1-2H3,(H2,10,11)/t8-/m1/s1. The van der Waals surface area contributed by atoms with Gasteiger partial charge in [0.15, 0.2) is 0 Å². The molecule has 0 saturated heterocycles. The third kappa shape index (κ3) is 1.85. The van der Waals surface area contributed by atoms with Crippen molar-refractivity contribution >= 4 is 17.2 Å². The number of carbonyl (C=O) groups is 1. The number of hydrogen-bond acceptors (Lipinski definition) is 2. The van der Waals surface area contributed by atoms with Crippen molar-refractivity contribution in [3.8, 4) is 0 Å². The largest absolute Gasteiger partial charge is 0.369 e. The normalized spacial score (nSPS) is 13.2. The van der Waals surface area contributed by atoms with Crippen LogP contribution in [0.4, 0.5) is 0 Å². The lowest BCUT2D eigenvalue weighted by atomic mass is 9.94. The Morgan fingerprint density at radius 3 is 2.58 bits per heavy atom. The number of thiophene rings is 1. The highest BCUT2D eigenvalue weighted by Gasteiger charge is 2.21. The molecule has 2 N–H and O–H groups in total. The predicted molar refractivity (Wildman–Crippen MR) is 51.1 cm³/mol. The van der Waals surface area contributed by atoms with Gasteiger partial charge in [0.2, 0.25) is 5.91 Å². The van der Waals surface area contributed by atoms with E-state index in [2.05, 4.69) is 0 Å². The van der Waals surface area contributed by atoms with Gasteiger partial charge in [-0.2, -0.15) is 0 Å². The van der Waals surface area contributed by atoms with Crippen LogP contribution in [0.2, 0.25) is 0 Å². The van der Waals surface area contributed by atoms with Gasteiger partial charge in [0.05, 0.1) is 5.92 Å². The van der Waals surface area contributed by atoms with Gasteiger partial charge in [-0.1, -0.05) is 19.9 Å². The lowest BCUT2D eigenvalue weighted by molar-refractivity contribution is -0.120. The molecule has 0 spiro atoms. The summed E-state index contributed by atoms with van der Waals surface area (Å²) >= 11 is 1.59. The molecule has 1 amide bonds. The zero-order valence-corrected chi connectivity index (χ0v) is 8.10. The summed E-state index contributed by atoms with van der Waals surface area (Å²) in [6, 6.07) is 3.90. The average Bonchev–Trinajstić information content (AvgIpc) is 2.37. The first-order valence-electron chi connectivity index (χ1n) is 3.95. The second-order valence-corrected chi connectivity index (χ2v) is 4.12. The van der Waals surface area contributed by atoms with Crippen LogP contribution in [0.3, 0.4) is 0 Å². The van der Waals surface area contributed by atoms with Crippen molar-refractivity contribution in [2.45, 2.75) is 19.8 Å². The molecule has 1 heterocycles. The van der Waals surface area contributed by atoms with E-state index in [0.717, 1.165) is 4.88 Å². The van der Waals surface area contributed by atoms with Crippen molar-refractivity contribution in [2.24, 2.45) is 11.7 Å². The lowest BCUT2D eigenvalue weighted by Gasteiger charge is -2.14. The molecule has 0 saturated carbocycles. The minimum absolute atomic E-state index is 0.120. The van der Waals surface area contributed by atoms with Gasteiger partial charge in [-0.25, -0.2) is 0 Å². The molecular weight excluding hydrogens is 170 g/mol. The van der Waals surface area contributed by atoms with Gasteiger partial charge in [-0.05, 0) is 17.4 Å². The van der Waals surface area contributed by atoms with Gasteiger partial charge in [-0.3, -0.25) is 4.79 Å². The first-order chi connectivity index (χ1) is 5.63. The van der Waals surface area contributed by atoms with Crippen LogP contribution in [-0.4, -0.2) is 5.91 Å². The van der Waals surface area contributed by atoms with E-state index in [9.17, 15) is 4.79 Å². The highest BCUT2D eigenvalue weighted by Crippen LogP contribution is 2.27. The monoisotopic (exact) mass is 183 g/mol. The lowest BCUT2D eigenvalue weighted by Crippen LogP contribution is -2.24. The fourth-order valence-electron chi connectivity index (χ4n) is 1.27. The fraction of sp³-hybridized carbons (Fsp3) is 0.444. The molecular formula is C9H13NOS. The maximum atomic E-state index is 11.1. The highest BCUT2D eigenvalue weighted by atomic mass is 32.1. The average molecular weight is 183 g/mol. The predicted octanol–water partition coefficient (Wildman–Crippen LogP) is 1.97. The molecule has 1 atom stereocenters. The van der Waals surface area contributed by atoms with E-state index < -0.39 is 0 Å². The van der Waals surface area contributed by atoms with Crippen LogP contribution in [-0.2, 0) is 4.79 Å². The van der Waals surface area contributed by atoms with Gasteiger partial charge < -0.3 is 5.73 Å². The van der Waals surface area contributed by atoms with Gasteiger partial charge in [0, 0.05) is 4.88 Å². The first kappa shape index (κ1) is 9.26. The number of primary amides is 1. The van der Waals surface area contributed by atoms with E-state index in [1.54, 1.807) is 11.3 Å². The third-order valence-electron chi connectivity index (χ3n) is 1.82. The van der Waals surface area contributed by atoms with Crippen LogP contribution < -0.4 is 5.73 Å². The molecule has 2 nitrogen and oxygen atoms in total. The summed E-state index contributed by atoms with van der Waals surface area (Å²) in [5.74, 6) is -0.0707. The summed E-state index contributed by atoms with van der Waals surface area (Å²) in [6.07, 6.45) is 0. The van der Waals surface area contributed by atoms with Crippen LogP contribution in [0.5, 0.6) is 0 Å². The molecule has 0 aliphatic heterocycles. The number of rotatable bonds is 3. The van der Waals surface area contributed by atoms with Crippen LogP contribution in [0.1, 0.15) is 24.6 Å². The minimum Gasteiger partial charge on any atom is -0.369 e. The quantitative estimate of drug-likeness (QED) is 0.765. The van der Waals surface area contributed by atoms with Crippen LogP contribution >= 0.6 is 11.3 Å². The molecule has 12 heavy (non-hydrogen) atoms. The Morgan fingerprint density at radius 2 is 2.25 bits per heavy atom. The molecule has 3 heteroatoms. The molecule has 0 fully saturated rings. The number of amides is 1. The molecule has 1 aromatic heterocycles. The summed E-state index contributed by atoms with van der Waals surface area (Å²) < 4.78 is 0. The maximum absolute atomic E-state index is 11.1. The van der Waals surface area contributed by atoms with E-state index in [1.807, 2.05) is 31.4 Å². The topological polar surface area (TPSA) is 43.1 Å². The molecule has 0 aromatic carbocycles. The van der Waals surface area contributed by atoms with E-state index in [0.29, 0.717) is 0 Å². The zero-order chi connectivity index (χ0) is 9.14. The molecule has 1 rings (SSSR count). The van der Waals surface area contributed by atoms with Crippen LogP contribution in [0, 0.1) is 5.92 Å². The Balaban J connectivity index is 2.88. The highest BCUT2D eigenvalue weighted by molar-refractivity contribution is 7.10. The summed E-state index contributed by atoms with van der Waals surface area (Å²) in [4.78, 5) is 12.1. The van der Waals surface area contributed by atoms with Crippen LogP contribution in [0.25, 0.3) is 0 Å². The molecule has 1 aromatic rings. The third-order valence-corrected chi connectivity index (χ3v) is 2.78. The first-order valence-corrected chi connectivity index (χ1v) is 4.83. The maximum Gasteiger partial charge on any atom is 0.226 e. The van der Waals surface area contributed by atoms with E-state index in [4.69, 9.17) is 5.73 Å². The molecule has 0 bridgehead atoms. The van der Waals surface area contributed by atoms with Gasteiger partial charge in [0.25, 0.3) is 0 Å². The van der Waals surface area contributed by atoms with Crippen molar-refractivity contribution in [1.29, 1.82) is 0 Å². The number of carbonyl (C=O) groups excluding carboxylic acids is 1. The Morgan fingerprint density at radius 1 is 1.58 bits per heavy atom. The second kappa shape index (κ2) is 3.72. The summed E-state index contributed by atoms with van der Waals surface area (Å²) in [5.41, 5.74) is 5.30. The van der Waals surface area contributed by atoms with Crippen molar-refractivity contribution < 1.29 is 4.79 Å². The summed E-state index contributed by atoms with van der Waals surface area (Å²) in [6.45, 7) is 4.02. The van der Waals surface area contributed by atoms with Crippen LogP contribution in [0.15, 0.2) is 17.5 Å². The number of nitrogens with two attached hydrogens (primary N) is 1. The second-order valence-electron chi connectivity index (χ2n) is 3.14. The molecule has 0 unspecified atom stereocenters. The van der Waals surface area contributed by atoms with E-state index >= 15 is 0 Å². The molecule has 0 radical (unpaired) electrons. The number of hydrogen-bond donors (Lipinski definition) is 1. The molecule has 66 valence electrons. The van der Waals surface area contributed by atoms with Gasteiger partial charge in [0.1, 0.15) is 0 Å². The zero-order valence-electron chi connectivity index (χ0n) is 7.28. The van der Waals surface area contributed by atoms with Gasteiger partial charge in [-0.15, -0.1) is 11.3 Å². The Kier molecular flexibility index (Phi) is 2.87. The van der Waals surface area contributed by atoms with Gasteiger partial charge >= 0.3 is 0 Å². The van der Waals surface area contributed by atoms with Crippen molar-refractivity contribution in [3.05, 3.63) is 22.4 Å². The molecule has 0 aliphatic carbocycles. The van der Waals surface area contributed by atoms with Crippen molar-refractivity contribution in [3.63, 3.8) is 0 Å². The van der Waals surface area contributed by atoms with E-state index in [1.165, 1.54) is 0 Å². The Hall–Kier alpha value is -0.830. The van der Waals surface area contributed by atoms with Crippen molar-refractivity contribution in [1.82, 2.24) is 0 Å². The smallest absolute Gasteiger partial charge is 0.226 e. The molecule has 0 aliphatic rings. The fourth-order valence-corrected chi connectivity index (χ4v) is 2.27. The summed E-state index contributed by atoms with van der Waals surface area (Å²) in [7, 11) is 0. The SMILES string of the molecule is CC(C)[C@@H](C(N)=O)c1cccs1. The Bertz CT molecular complexity index is 254. The van der Waals surface area contributed by atoms with E-state index in [-0.39, 0.29) is 17.7 Å². The Labute approximate surface area is 76.4 Å². The minimum atomic E-state index is -0.229.